The van der Waals surface area contributed by atoms with Crippen molar-refractivity contribution in [2.45, 2.75) is 25.8 Å². The summed E-state index contributed by atoms with van der Waals surface area (Å²) >= 11 is 0. The minimum atomic E-state index is -0.186. The minimum Gasteiger partial charge on any atom is -0.490 e. The Hall–Kier alpha value is -1.78. The van der Waals surface area contributed by atoms with Crippen molar-refractivity contribution in [3.63, 3.8) is 0 Å². The predicted molar refractivity (Wildman–Crippen MR) is 69.7 cm³/mol. The van der Waals surface area contributed by atoms with Crippen LogP contribution < -0.4 is 10.1 Å². The summed E-state index contributed by atoms with van der Waals surface area (Å²) in [5.74, 6) is 1.48. The van der Waals surface area contributed by atoms with E-state index >= 15 is 0 Å². The summed E-state index contributed by atoms with van der Waals surface area (Å²) < 4.78 is 5.61. The molecule has 1 N–H and O–H groups in total. The summed E-state index contributed by atoms with van der Waals surface area (Å²) in [6.07, 6.45) is 3.45. The number of pyridine rings is 1. The van der Waals surface area contributed by atoms with E-state index in [1.807, 2.05) is 19.2 Å². The number of hydrogen-bond donors (Lipinski definition) is 1. The number of anilines is 1. The van der Waals surface area contributed by atoms with E-state index in [2.05, 4.69) is 17.2 Å². The van der Waals surface area contributed by atoms with Gasteiger partial charge in [-0.3, -0.25) is 4.79 Å². The molecule has 1 aromatic rings. The maximum absolute atomic E-state index is 11.8. The molecule has 1 fully saturated rings. The molecular formula is C13H19N3O2. The zero-order valence-corrected chi connectivity index (χ0v) is 10.8. The Morgan fingerprint density at radius 3 is 3.11 bits per heavy atom. The number of nitrogens with one attached hydrogen (secondary N) is 1. The van der Waals surface area contributed by atoms with Crippen LogP contribution in [0.5, 0.6) is 5.75 Å². The normalized spacial score (nSPS) is 19.1. The minimum absolute atomic E-state index is 0.113. The zero-order valence-electron chi connectivity index (χ0n) is 10.8. The van der Waals surface area contributed by atoms with Gasteiger partial charge in [0.15, 0.2) is 11.6 Å². The van der Waals surface area contributed by atoms with Crippen molar-refractivity contribution >= 4 is 11.7 Å². The van der Waals surface area contributed by atoms with Gasteiger partial charge in [-0.2, -0.15) is 0 Å². The summed E-state index contributed by atoms with van der Waals surface area (Å²) in [5.41, 5.74) is 0. The molecule has 1 aliphatic heterocycles. The average Bonchev–Trinajstić information content (AvgIpc) is 2.70. The molecule has 5 nitrogen and oxygen atoms in total. The third kappa shape index (κ3) is 2.72. The molecule has 0 spiro atoms. The van der Waals surface area contributed by atoms with Crippen LogP contribution in [0.1, 0.15) is 19.8 Å². The van der Waals surface area contributed by atoms with Gasteiger partial charge in [-0.25, -0.2) is 4.98 Å². The van der Waals surface area contributed by atoms with Crippen LogP contribution in [-0.4, -0.2) is 42.0 Å². The van der Waals surface area contributed by atoms with Gasteiger partial charge < -0.3 is 15.0 Å². The lowest BCUT2D eigenvalue weighted by Crippen LogP contribution is -2.31. The highest BCUT2D eigenvalue weighted by atomic mass is 16.5. The molecule has 1 atom stereocenters. The molecule has 18 heavy (non-hydrogen) atoms. The van der Waals surface area contributed by atoms with Crippen molar-refractivity contribution in [2.75, 3.05) is 25.5 Å². The number of aromatic nitrogens is 1. The van der Waals surface area contributed by atoms with Crippen molar-refractivity contribution < 1.29 is 9.53 Å². The molecule has 5 heteroatoms. The monoisotopic (exact) mass is 249 g/mol. The van der Waals surface area contributed by atoms with Crippen molar-refractivity contribution in [3.05, 3.63) is 18.3 Å². The van der Waals surface area contributed by atoms with E-state index in [1.165, 1.54) is 0 Å². The molecule has 1 saturated heterocycles. The lowest BCUT2D eigenvalue weighted by molar-refractivity contribution is -0.127. The average molecular weight is 249 g/mol. The number of nitrogens with zero attached hydrogens (tertiary/aromatic N) is 2. The second-order valence-corrected chi connectivity index (χ2v) is 4.44. The molecule has 2 heterocycles. The Labute approximate surface area is 107 Å². The summed E-state index contributed by atoms with van der Waals surface area (Å²) in [7, 11) is 1.82. The molecular weight excluding hydrogens is 230 g/mol. The number of likely N-dealkylation sites (tertiary alicyclic amines) is 1. The quantitative estimate of drug-likeness (QED) is 0.859. The molecule has 0 aliphatic carbocycles. The van der Waals surface area contributed by atoms with Gasteiger partial charge in [0, 0.05) is 19.8 Å². The first kappa shape index (κ1) is 12.7. The van der Waals surface area contributed by atoms with Gasteiger partial charge in [-0.15, -0.1) is 0 Å². The smallest absolute Gasteiger partial charge is 0.244 e. The molecule has 0 aromatic carbocycles. The van der Waals surface area contributed by atoms with E-state index in [9.17, 15) is 4.79 Å². The van der Waals surface area contributed by atoms with E-state index < -0.39 is 0 Å². The van der Waals surface area contributed by atoms with E-state index in [0.717, 1.165) is 19.4 Å². The lowest BCUT2D eigenvalue weighted by Gasteiger charge is -2.15. The molecule has 1 amide bonds. The van der Waals surface area contributed by atoms with E-state index in [1.54, 1.807) is 11.1 Å². The van der Waals surface area contributed by atoms with Crippen LogP contribution in [-0.2, 0) is 4.79 Å². The lowest BCUT2D eigenvalue weighted by atomic mass is 10.2. The van der Waals surface area contributed by atoms with Crippen LogP contribution >= 0.6 is 0 Å². The van der Waals surface area contributed by atoms with Gasteiger partial charge in [0.1, 0.15) is 6.04 Å². The van der Waals surface area contributed by atoms with Crippen molar-refractivity contribution in [3.8, 4) is 5.75 Å². The Morgan fingerprint density at radius 1 is 1.61 bits per heavy atom. The Bertz CT molecular complexity index is 422. The first-order valence-electron chi connectivity index (χ1n) is 6.31. The summed E-state index contributed by atoms with van der Waals surface area (Å²) in [4.78, 5) is 17.8. The van der Waals surface area contributed by atoms with Gasteiger partial charge in [0.05, 0.1) is 6.61 Å². The molecule has 1 unspecified atom stereocenters. The first-order valence-corrected chi connectivity index (χ1v) is 6.31. The number of hydrogen-bond acceptors (Lipinski definition) is 4. The molecule has 0 radical (unpaired) electrons. The third-order valence-electron chi connectivity index (χ3n) is 2.97. The number of ether oxygens (including phenoxy) is 1. The van der Waals surface area contributed by atoms with Gasteiger partial charge in [-0.05, 0) is 25.0 Å². The summed E-state index contributed by atoms with van der Waals surface area (Å²) in [6, 6.07) is 3.52. The second kappa shape index (κ2) is 5.71. The maximum Gasteiger partial charge on any atom is 0.244 e. The third-order valence-corrected chi connectivity index (χ3v) is 2.97. The summed E-state index contributed by atoms with van der Waals surface area (Å²) in [6.45, 7) is 3.49. The van der Waals surface area contributed by atoms with Crippen LogP contribution in [0.15, 0.2) is 18.3 Å². The fraction of sp³-hybridized carbons (Fsp3) is 0.538. The van der Waals surface area contributed by atoms with Crippen molar-refractivity contribution in [1.82, 2.24) is 9.88 Å². The molecule has 1 aliphatic rings. The molecule has 2 rings (SSSR count). The van der Waals surface area contributed by atoms with E-state index in [-0.39, 0.29) is 11.9 Å². The molecule has 0 saturated carbocycles. The summed E-state index contributed by atoms with van der Waals surface area (Å²) in [5, 5.41) is 3.17. The molecule has 0 bridgehead atoms. The van der Waals surface area contributed by atoms with Crippen LogP contribution in [0.25, 0.3) is 0 Å². The van der Waals surface area contributed by atoms with Crippen molar-refractivity contribution in [2.24, 2.45) is 0 Å². The highest BCUT2D eigenvalue weighted by molar-refractivity contribution is 5.86. The highest BCUT2D eigenvalue weighted by Gasteiger charge is 2.29. The molecule has 1 aromatic heterocycles. The highest BCUT2D eigenvalue weighted by Crippen LogP contribution is 2.24. The van der Waals surface area contributed by atoms with Gasteiger partial charge in [0.2, 0.25) is 5.91 Å². The SMILES string of the molecule is CCCOc1cccnc1NC1CCN(C)C1=O. The van der Waals surface area contributed by atoms with Gasteiger partial charge in [0.25, 0.3) is 0 Å². The number of likely N-dealkylation sites (N-methyl/N-ethyl adjacent to an activating group) is 1. The fourth-order valence-corrected chi connectivity index (χ4v) is 1.95. The van der Waals surface area contributed by atoms with Crippen LogP contribution in [0.3, 0.4) is 0 Å². The van der Waals surface area contributed by atoms with Crippen molar-refractivity contribution in [1.29, 1.82) is 0 Å². The number of carbonyl (C=O) groups is 1. The number of rotatable bonds is 5. The second-order valence-electron chi connectivity index (χ2n) is 4.44. The maximum atomic E-state index is 11.8. The predicted octanol–water partition coefficient (Wildman–Crippen LogP) is 1.51. The number of amides is 1. The largest absolute Gasteiger partial charge is 0.490 e. The standard InChI is InChI=1S/C13H19N3O2/c1-3-9-18-11-5-4-7-14-12(11)15-10-6-8-16(2)13(10)17/h4-5,7,10H,3,6,8-9H2,1-2H3,(H,14,15). The van der Waals surface area contributed by atoms with E-state index in [4.69, 9.17) is 4.74 Å². The Morgan fingerprint density at radius 2 is 2.44 bits per heavy atom. The van der Waals surface area contributed by atoms with Crippen LogP contribution in [0.2, 0.25) is 0 Å². The fourth-order valence-electron chi connectivity index (χ4n) is 1.95. The first-order chi connectivity index (χ1) is 8.72. The number of carbonyl (C=O) groups excluding carboxylic acids is 1. The zero-order chi connectivity index (χ0) is 13.0. The van der Waals surface area contributed by atoms with E-state index in [0.29, 0.717) is 18.2 Å². The Balaban J connectivity index is 2.06. The topological polar surface area (TPSA) is 54.5 Å². The Kier molecular flexibility index (Phi) is 4.02. The van der Waals surface area contributed by atoms with Gasteiger partial charge in [-0.1, -0.05) is 6.92 Å². The van der Waals surface area contributed by atoms with Crippen LogP contribution in [0.4, 0.5) is 5.82 Å². The van der Waals surface area contributed by atoms with Gasteiger partial charge >= 0.3 is 0 Å². The molecule has 98 valence electrons. The van der Waals surface area contributed by atoms with Crippen LogP contribution in [0, 0.1) is 0 Å².